The molecule has 5 nitrogen and oxygen atoms in total. The highest BCUT2D eigenvalue weighted by Gasteiger charge is 2.18. The van der Waals surface area contributed by atoms with Crippen molar-refractivity contribution in [2.24, 2.45) is 0 Å². The molecule has 0 aliphatic carbocycles. The second-order valence-corrected chi connectivity index (χ2v) is 4.72. The van der Waals surface area contributed by atoms with Crippen LogP contribution >= 0.6 is 0 Å². The highest BCUT2D eigenvalue weighted by Crippen LogP contribution is 2.29. The molecule has 0 saturated carbocycles. The predicted molar refractivity (Wildman–Crippen MR) is 83.7 cm³/mol. The molecule has 0 bridgehead atoms. The van der Waals surface area contributed by atoms with Gasteiger partial charge in [-0.05, 0) is 19.1 Å². The smallest absolute Gasteiger partial charge is 0.296 e. The SMILES string of the molecule is COc1ccc(NC(=O)C(=O)c2ccc(C)cc2)c(OC)c1. The van der Waals surface area contributed by atoms with Crippen molar-refractivity contribution in [1.29, 1.82) is 0 Å². The minimum Gasteiger partial charge on any atom is -0.497 e. The second-order valence-electron chi connectivity index (χ2n) is 4.72. The van der Waals surface area contributed by atoms with Crippen LogP contribution in [0.4, 0.5) is 5.69 Å². The summed E-state index contributed by atoms with van der Waals surface area (Å²) in [6.07, 6.45) is 0. The molecule has 0 heterocycles. The number of methoxy groups -OCH3 is 2. The summed E-state index contributed by atoms with van der Waals surface area (Å²) in [6, 6.07) is 11.8. The Morgan fingerprint density at radius 3 is 2.23 bits per heavy atom. The van der Waals surface area contributed by atoms with Crippen LogP contribution in [0.2, 0.25) is 0 Å². The van der Waals surface area contributed by atoms with Gasteiger partial charge in [-0.15, -0.1) is 0 Å². The van der Waals surface area contributed by atoms with E-state index in [2.05, 4.69) is 5.32 Å². The first-order valence-electron chi connectivity index (χ1n) is 6.69. The van der Waals surface area contributed by atoms with Crippen molar-refractivity contribution in [2.45, 2.75) is 6.92 Å². The van der Waals surface area contributed by atoms with Crippen molar-refractivity contribution in [3.63, 3.8) is 0 Å². The highest BCUT2D eigenvalue weighted by atomic mass is 16.5. The summed E-state index contributed by atoms with van der Waals surface area (Å²) in [4.78, 5) is 24.2. The molecule has 0 aliphatic rings. The molecule has 1 N–H and O–H groups in total. The van der Waals surface area contributed by atoms with E-state index in [0.29, 0.717) is 22.7 Å². The van der Waals surface area contributed by atoms with E-state index in [1.807, 2.05) is 6.92 Å². The van der Waals surface area contributed by atoms with E-state index in [-0.39, 0.29) is 0 Å². The maximum Gasteiger partial charge on any atom is 0.296 e. The fraction of sp³-hybridized carbons (Fsp3) is 0.176. The normalized spacial score (nSPS) is 9.95. The summed E-state index contributed by atoms with van der Waals surface area (Å²) >= 11 is 0. The molecule has 0 aromatic heterocycles. The summed E-state index contributed by atoms with van der Waals surface area (Å²) in [6.45, 7) is 1.91. The number of ether oxygens (including phenoxy) is 2. The zero-order valence-electron chi connectivity index (χ0n) is 12.7. The van der Waals surface area contributed by atoms with E-state index in [1.165, 1.54) is 14.2 Å². The number of carbonyl (C=O) groups is 2. The molecule has 0 atom stereocenters. The lowest BCUT2D eigenvalue weighted by Crippen LogP contribution is -2.23. The molecule has 114 valence electrons. The van der Waals surface area contributed by atoms with E-state index in [9.17, 15) is 9.59 Å². The monoisotopic (exact) mass is 299 g/mol. The van der Waals surface area contributed by atoms with Gasteiger partial charge in [0.25, 0.3) is 11.7 Å². The first-order valence-corrected chi connectivity index (χ1v) is 6.69. The first kappa shape index (κ1) is 15.6. The molecule has 2 aromatic carbocycles. The van der Waals surface area contributed by atoms with Crippen molar-refractivity contribution in [2.75, 3.05) is 19.5 Å². The number of aryl methyl sites for hydroxylation is 1. The Kier molecular flexibility index (Phi) is 4.78. The summed E-state index contributed by atoms with van der Waals surface area (Å²) in [5, 5.41) is 2.56. The Balaban J connectivity index is 2.18. The van der Waals surface area contributed by atoms with Crippen LogP contribution in [0, 0.1) is 6.92 Å². The lowest BCUT2D eigenvalue weighted by molar-refractivity contribution is -0.112. The van der Waals surface area contributed by atoms with Gasteiger partial charge in [-0.2, -0.15) is 0 Å². The van der Waals surface area contributed by atoms with E-state index in [1.54, 1.807) is 42.5 Å². The van der Waals surface area contributed by atoms with Crippen molar-refractivity contribution in [3.8, 4) is 11.5 Å². The summed E-state index contributed by atoms with van der Waals surface area (Å²) in [7, 11) is 3.01. The largest absolute Gasteiger partial charge is 0.497 e. The van der Waals surface area contributed by atoms with Crippen molar-refractivity contribution in [1.82, 2.24) is 0 Å². The van der Waals surface area contributed by atoms with E-state index >= 15 is 0 Å². The maximum absolute atomic E-state index is 12.1. The summed E-state index contributed by atoms with van der Waals surface area (Å²) in [5.74, 6) is -0.297. The number of nitrogens with one attached hydrogen (secondary N) is 1. The Morgan fingerprint density at radius 2 is 1.64 bits per heavy atom. The lowest BCUT2D eigenvalue weighted by Gasteiger charge is -2.11. The molecule has 2 rings (SSSR count). The van der Waals surface area contributed by atoms with Gasteiger partial charge in [0.15, 0.2) is 0 Å². The quantitative estimate of drug-likeness (QED) is 0.681. The number of anilines is 1. The van der Waals surface area contributed by atoms with Gasteiger partial charge >= 0.3 is 0 Å². The van der Waals surface area contributed by atoms with Gasteiger partial charge in [-0.3, -0.25) is 9.59 Å². The number of benzene rings is 2. The number of rotatable bonds is 5. The molecule has 0 radical (unpaired) electrons. The molecule has 0 unspecified atom stereocenters. The number of ketones is 1. The topological polar surface area (TPSA) is 64.6 Å². The van der Waals surface area contributed by atoms with Crippen LogP contribution in [-0.2, 0) is 4.79 Å². The molecule has 0 fully saturated rings. The molecular formula is C17H17NO4. The van der Waals surface area contributed by atoms with Gasteiger partial charge in [0.1, 0.15) is 11.5 Å². The van der Waals surface area contributed by atoms with Gasteiger partial charge in [0.2, 0.25) is 0 Å². The van der Waals surface area contributed by atoms with Crippen LogP contribution < -0.4 is 14.8 Å². The molecular weight excluding hydrogens is 282 g/mol. The highest BCUT2D eigenvalue weighted by molar-refractivity contribution is 6.46. The van der Waals surface area contributed by atoms with Crippen LogP contribution in [-0.4, -0.2) is 25.9 Å². The number of Topliss-reactive ketones (excluding diaryl/α,β-unsaturated/α-hetero) is 1. The average Bonchev–Trinajstić information content (AvgIpc) is 2.55. The number of carbonyl (C=O) groups excluding carboxylic acids is 2. The zero-order chi connectivity index (χ0) is 16.1. The maximum atomic E-state index is 12.1. The van der Waals surface area contributed by atoms with Crippen molar-refractivity contribution >= 4 is 17.4 Å². The molecule has 22 heavy (non-hydrogen) atoms. The third-order valence-corrected chi connectivity index (χ3v) is 3.18. The van der Waals surface area contributed by atoms with Gasteiger partial charge in [0, 0.05) is 11.6 Å². The van der Waals surface area contributed by atoms with Gasteiger partial charge in [0.05, 0.1) is 19.9 Å². The number of hydrogen-bond donors (Lipinski definition) is 1. The fourth-order valence-electron chi connectivity index (χ4n) is 1.92. The second kappa shape index (κ2) is 6.76. The standard InChI is InChI=1S/C17H17NO4/c1-11-4-6-12(7-5-11)16(19)17(20)18-14-9-8-13(21-2)10-15(14)22-3/h4-10H,1-3H3,(H,18,20). The summed E-state index contributed by atoms with van der Waals surface area (Å²) in [5.41, 5.74) is 1.78. The molecule has 0 aliphatic heterocycles. The zero-order valence-corrected chi connectivity index (χ0v) is 12.7. The Hall–Kier alpha value is -2.82. The minimum absolute atomic E-state index is 0.343. The van der Waals surface area contributed by atoms with Crippen molar-refractivity contribution < 1.29 is 19.1 Å². The van der Waals surface area contributed by atoms with Crippen LogP contribution in [0.3, 0.4) is 0 Å². The molecule has 2 aromatic rings. The van der Waals surface area contributed by atoms with E-state index in [4.69, 9.17) is 9.47 Å². The summed E-state index contributed by atoms with van der Waals surface area (Å²) < 4.78 is 10.3. The predicted octanol–water partition coefficient (Wildman–Crippen LogP) is 2.83. The third-order valence-electron chi connectivity index (χ3n) is 3.18. The van der Waals surface area contributed by atoms with E-state index in [0.717, 1.165) is 5.56 Å². The van der Waals surface area contributed by atoms with E-state index < -0.39 is 11.7 Å². The number of hydrogen-bond acceptors (Lipinski definition) is 4. The van der Waals surface area contributed by atoms with Crippen LogP contribution in [0.25, 0.3) is 0 Å². The van der Waals surface area contributed by atoms with Gasteiger partial charge < -0.3 is 14.8 Å². The lowest BCUT2D eigenvalue weighted by atomic mass is 10.1. The van der Waals surface area contributed by atoms with Crippen LogP contribution in [0.15, 0.2) is 42.5 Å². The molecule has 0 saturated heterocycles. The van der Waals surface area contributed by atoms with Gasteiger partial charge in [-0.1, -0.05) is 29.8 Å². The Labute approximate surface area is 128 Å². The van der Waals surface area contributed by atoms with Crippen molar-refractivity contribution in [3.05, 3.63) is 53.6 Å². The van der Waals surface area contributed by atoms with Crippen LogP contribution in [0.5, 0.6) is 11.5 Å². The average molecular weight is 299 g/mol. The van der Waals surface area contributed by atoms with Crippen LogP contribution in [0.1, 0.15) is 15.9 Å². The molecule has 0 spiro atoms. The first-order chi connectivity index (χ1) is 10.5. The third kappa shape index (κ3) is 3.44. The Bertz CT molecular complexity index is 692. The van der Waals surface area contributed by atoms with Gasteiger partial charge in [-0.25, -0.2) is 0 Å². The molecule has 5 heteroatoms. The minimum atomic E-state index is -0.715. The Morgan fingerprint density at radius 1 is 0.955 bits per heavy atom. The molecule has 1 amide bonds. The number of amides is 1. The fourth-order valence-corrected chi connectivity index (χ4v) is 1.92.